The molecule has 2 N–H and O–H groups in total. The van der Waals surface area contributed by atoms with Crippen LogP contribution in [0.3, 0.4) is 0 Å². The number of anilines is 1. The van der Waals surface area contributed by atoms with Gasteiger partial charge in [-0.25, -0.2) is 0 Å². The number of hydrogen-bond donors (Lipinski definition) is 1. The molecule has 0 unspecified atom stereocenters. The van der Waals surface area contributed by atoms with Gasteiger partial charge in [-0.05, 0) is 53.1 Å². The minimum Gasteiger partial charge on any atom is -0.398 e. The Labute approximate surface area is 120 Å². The molecule has 0 spiro atoms. The molecule has 2 heteroatoms. The Kier molecular flexibility index (Phi) is 2.78. The fraction of sp³-hybridized carbons (Fsp3) is 0.333. The monoisotopic (exact) mass is 264 g/mol. The quantitative estimate of drug-likeness (QED) is 0.843. The van der Waals surface area contributed by atoms with Crippen LogP contribution in [0.1, 0.15) is 34.2 Å². The number of hydrogen-bond acceptors (Lipinski definition) is 2. The van der Waals surface area contributed by atoms with Crippen LogP contribution in [0.2, 0.25) is 0 Å². The Hall–Kier alpha value is -1.80. The molecule has 0 saturated heterocycles. The van der Waals surface area contributed by atoms with Crippen LogP contribution in [0.25, 0.3) is 0 Å². The zero-order valence-corrected chi connectivity index (χ0v) is 11.7. The third-order valence-corrected chi connectivity index (χ3v) is 4.65. The third-order valence-electron chi connectivity index (χ3n) is 4.65. The molecule has 2 nitrogen and oxygen atoms in total. The molecule has 2 aromatic rings. The van der Waals surface area contributed by atoms with Crippen LogP contribution in [0.5, 0.6) is 0 Å². The van der Waals surface area contributed by atoms with Crippen LogP contribution in [0, 0.1) is 0 Å². The highest BCUT2D eigenvalue weighted by molar-refractivity contribution is 5.52. The number of nitrogen functional groups attached to an aromatic ring is 1. The number of nitrogens with zero attached hydrogens (tertiary/aromatic N) is 1. The van der Waals surface area contributed by atoms with E-state index in [1.165, 1.54) is 36.0 Å². The molecule has 0 bridgehead atoms. The Balaban J connectivity index is 1.53. The standard InChI is InChI=1S/C18H20N2/c19-18-6-2-5-16-11-20(12-17(16)18)10-13-7-8-14-3-1-4-15(14)9-13/h2,5-9H,1,3-4,10-12,19H2. The van der Waals surface area contributed by atoms with Gasteiger partial charge in [-0.3, -0.25) is 4.90 Å². The minimum atomic E-state index is 0.943. The summed E-state index contributed by atoms with van der Waals surface area (Å²) in [6.45, 7) is 3.04. The summed E-state index contributed by atoms with van der Waals surface area (Å²) in [6, 6.07) is 13.3. The van der Waals surface area contributed by atoms with E-state index in [4.69, 9.17) is 5.73 Å². The van der Waals surface area contributed by atoms with E-state index in [0.717, 1.165) is 25.3 Å². The van der Waals surface area contributed by atoms with E-state index in [-0.39, 0.29) is 0 Å². The Bertz CT molecular complexity index is 660. The van der Waals surface area contributed by atoms with Crippen molar-refractivity contribution >= 4 is 5.69 Å². The molecule has 0 amide bonds. The molecule has 20 heavy (non-hydrogen) atoms. The molecule has 2 aromatic carbocycles. The zero-order chi connectivity index (χ0) is 13.5. The molecule has 4 rings (SSSR count). The van der Waals surface area contributed by atoms with Gasteiger partial charge in [0.2, 0.25) is 0 Å². The Morgan fingerprint density at radius 2 is 1.85 bits per heavy atom. The van der Waals surface area contributed by atoms with E-state index in [0.29, 0.717) is 0 Å². The first-order chi connectivity index (χ1) is 9.79. The SMILES string of the molecule is Nc1cccc2c1CN(Cc1ccc3c(c1)CCC3)C2. The van der Waals surface area contributed by atoms with Crippen molar-refractivity contribution in [2.45, 2.75) is 38.9 Å². The molecular weight excluding hydrogens is 244 g/mol. The van der Waals surface area contributed by atoms with Gasteiger partial charge in [0.1, 0.15) is 0 Å². The van der Waals surface area contributed by atoms with Gasteiger partial charge in [-0.1, -0.05) is 30.3 Å². The van der Waals surface area contributed by atoms with Crippen molar-refractivity contribution in [1.29, 1.82) is 0 Å². The lowest BCUT2D eigenvalue weighted by Crippen LogP contribution is -2.15. The summed E-state index contributed by atoms with van der Waals surface area (Å²) in [7, 11) is 0. The van der Waals surface area contributed by atoms with Crippen LogP contribution in [0.15, 0.2) is 36.4 Å². The number of rotatable bonds is 2. The topological polar surface area (TPSA) is 29.3 Å². The van der Waals surface area contributed by atoms with Gasteiger partial charge in [0.25, 0.3) is 0 Å². The van der Waals surface area contributed by atoms with Crippen LogP contribution in [-0.2, 0) is 32.5 Å². The van der Waals surface area contributed by atoms with Crippen molar-refractivity contribution in [1.82, 2.24) is 4.90 Å². The van der Waals surface area contributed by atoms with Gasteiger partial charge in [0, 0.05) is 25.3 Å². The lowest BCUT2D eigenvalue weighted by Gasteiger charge is -2.15. The summed E-state index contributed by atoms with van der Waals surface area (Å²) in [6.07, 6.45) is 3.85. The second-order valence-electron chi connectivity index (χ2n) is 6.09. The van der Waals surface area contributed by atoms with E-state index in [1.807, 2.05) is 6.07 Å². The first-order valence-electron chi connectivity index (χ1n) is 7.49. The first kappa shape index (κ1) is 12.0. The summed E-state index contributed by atoms with van der Waals surface area (Å²) >= 11 is 0. The lowest BCUT2D eigenvalue weighted by molar-refractivity contribution is 0.275. The Morgan fingerprint density at radius 1 is 0.950 bits per heavy atom. The van der Waals surface area contributed by atoms with Gasteiger partial charge < -0.3 is 5.73 Å². The van der Waals surface area contributed by atoms with Crippen molar-refractivity contribution in [3.05, 3.63) is 64.2 Å². The van der Waals surface area contributed by atoms with Crippen molar-refractivity contribution in [2.75, 3.05) is 5.73 Å². The summed E-state index contributed by atoms with van der Waals surface area (Å²) in [5.74, 6) is 0. The number of fused-ring (bicyclic) bond motifs is 2. The maximum absolute atomic E-state index is 6.07. The maximum Gasteiger partial charge on any atom is 0.0363 e. The average molecular weight is 264 g/mol. The maximum atomic E-state index is 6.07. The van der Waals surface area contributed by atoms with E-state index in [1.54, 1.807) is 11.1 Å². The summed E-state index contributed by atoms with van der Waals surface area (Å²) in [5, 5.41) is 0. The van der Waals surface area contributed by atoms with Crippen LogP contribution in [0.4, 0.5) is 5.69 Å². The highest BCUT2D eigenvalue weighted by atomic mass is 15.1. The van der Waals surface area contributed by atoms with Gasteiger partial charge in [0.05, 0.1) is 0 Å². The molecule has 0 aromatic heterocycles. The zero-order valence-electron chi connectivity index (χ0n) is 11.7. The van der Waals surface area contributed by atoms with Gasteiger partial charge in [-0.2, -0.15) is 0 Å². The Morgan fingerprint density at radius 3 is 2.75 bits per heavy atom. The third kappa shape index (κ3) is 2.01. The molecule has 1 aliphatic heterocycles. The predicted molar refractivity (Wildman–Crippen MR) is 82.3 cm³/mol. The lowest BCUT2D eigenvalue weighted by atomic mass is 10.1. The number of aryl methyl sites for hydroxylation is 2. The molecular formula is C18H20N2. The molecule has 0 saturated carbocycles. The van der Waals surface area contributed by atoms with E-state index < -0.39 is 0 Å². The van der Waals surface area contributed by atoms with Crippen molar-refractivity contribution < 1.29 is 0 Å². The minimum absolute atomic E-state index is 0.943. The first-order valence-corrected chi connectivity index (χ1v) is 7.49. The molecule has 0 fully saturated rings. The van der Waals surface area contributed by atoms with Gasteiger partial charge >= 0.3 is 0 Å². The highest BCUT2D eigenvalue weighted by Crippen LogP contribution is 2.29. The van der Waals surface area contributed by atoms with Crippen molar-refractivity contribution in [2.24, 2.45) is 0 Å². The number of benzene rings is 2. The van der Waals surface area contributed by atoms with Crippen molar-refractivity contribution in [3.63, 3.8) is 0 Å². The van der Waals surface area contributed by atoms with Crippen LogP contribution < -0.4 is 5.73 Å². The molecule has 2 aliphatic rings. The molecule has 102 valence electrons. The fourth-order valence-electron chi connectivity index (χ4n) is 3.61. The van der Waals surface area contributed by atoms with Crippen LogP contribution >= 0.6 is 0 Å². The van der Waals surface area contributed by atoms with Gasteiger partial charge in [-0.15, -0.1) is 0 Å². The van der Waals surface area contributed by atoms with E-state index in [2.05, 4.69) is 35.2 Å². The van der Waals surface area contributed by atoms with Crippen LogP contribution in [-0.4, -0.2) is 4.90 Å². The summed E-state index contributed by atoms with van der Waals surface area (Å²) in [5.41, 5.74) is 14.3. The highest BCUT2D eigenvalue weighted by Gasteiger charge is 2.21. The predicted octanol–water partition coefficient (Wildman–Crippen LogP) is 3.27. The molecule has 1 heterocycles. The van der Waals surface area contributed by atoms with Gasteiger partial charge in [0.15, 0.2) is 0 Å². The summed E-state index contributed by atoms with van der Waals surface area (Å²) in [4.78, 5) is 2.48. The normalized spacial score (nSPS) is 17.2. The van der Waals surface area contributed by atoms with E-state index >= 15 is 0 Å². The molecule has 0 radical (unpaired) electrons. The second kappa shape index (κ2) is 4.64. The smallest absolute Gasteiger partial charge is 0.0363 e. The summed E-state index contributed by atoms with van der Waals surface area (Å²) < 4.78 is 0. The van der Waals surface area contributed by atoms with Crippen molar-refractivity contribution in [3.8, 4) is 0 Å². The fourth-order valence-corrected chi connectivity index (χ4v) is 3.61. The second-order valence-corrected chi connectivity index (χ2v) is 6.09. The number of nitrogens with two attached hydrogens (primary N) is 1. The average Bonchev–Trinajstić information content (AvgIpc) is 3.05. The molecule has 0 atom stereocenters. The molecule has 1 aliphatic carbocycles. The largest absolute Gasteiger partial charge is 0.398 e. The van der Waals surface area contributed by atoms with E-state index in [9.17, 15) is 0 Å².